The first-order valence-corrected chi connectivity index (χ1v) is 6.11. The van der Waals surface area contributed by atoms with Gasteiger partial charge in [0.2, 0.25) is 0 Å². The highest BCUT2D eigenvalue weighted by molar-refractivity contribution is 5.34. The number of hydrogen-bond donors (Lipinski definition) is 1. The first kappa shape index (κ1) is 11.4. The fourth-order valence-corrected chi connectivity index (χ4v) is 2.54. The van der Waals surface area contributed by atoms with E-state index in [4.69, 9.17) is 5.73 Å². The van der Waals surface area contributed by atoms with E-state index in [1.54, 1.807) is 6.20 Å². The molecule has 1 aromatic rings. The molecule has 0 saturated carbocycles. The molecule has 2 heterocycles. The third-order valence-electron chi connectivity index (χ3n) is 3.40. The fourth-order valence-electron chi connectivity index (χ4n) is 2.54. The maximum atomic E-state index is 5.63. The molecule has 16 heavy (non-hydrogen) atoms. The van der Waals surface area contributed by atoms with E-state index in [-0.39, 0.29) is 0 Å². The fraction of sp³-hybridized carbons (Fsp3) is 0.615. The van der Waals surface area contributed by atoms with Crippen LogP contribution in [-0.2, 0) is 6.54 Å². The van der Waals surface area contributed by atoms with Gasteiger partial charge in [-0.2, -0.15) is 0 Å². The Morgan fingerprint density at radius 1 is 1.50 bits per heavy atom. The van der Waals surface area contributed by atoms with Gasteiger partial charge in [0, 0.05) is 12.6 Å². The summed E-state index contributed by atoms with van der Waals surface area (Å²) in [5.74, 6) is 0.733. The number of nitrogen functional groups attached to an aromatic ring is 1. The van der Waals surface area contributed by atoms with Gasteiger partial charge < -0.3 is 5.73 Å². The monoisotopic (exact) mass is 219 g/mol. The van der Waals surface area contributed by atoms with Gasteiger partial charge in [-0.15, -0.1) is 0 Å². The Kier molecular flexibility index (Phi) is 3.44. The third kappa shape index (κ3) is 2.53. The first-order valence-electron chi connectivity index (χ1n) is 6.11. The van der Waals surface area contributed by atoms with Crippen LogP contribution in [0.25, 0.3) is 0 Å². The Bertz CT molecular complexity index is 332. The van der Waals surface area contributed by atoms with E-state index in [0.29, 0.717) is 0 Å². The Balaban J connectivity index is 2.01. The van der Waals surface area contributed by atoms with Crippen molar-refractivity contribution in [2.75, 3.05) is 12.3 Å². The van der Waals surface area contributed by atoms with Crippen molar-refractivity contribution in [1.29, 1.82) is 0 Å². The Morgan fingerprint density at radius 2 is 2.31 bits per heavy atom. The summed E-state index contributed by atoms with van der Waals surface area (Å²) in [6, 6.07) is 4.69. The highest BCUT2D eigenvalue weighted by atomic mass is 15.2. The van der Waals surface area contributed by atoms with Crippen molar-refractivity contribution in [3.63, 3.8) is 0 Å². The Morgan fingerprint density at radius 3 is 2.94 bits per heavy atom. The number of nitrogens with zero attached hydrogens (tertiary/aromatic N) is 2. The van der Waals surface area contributed by atoms with E-state index in [1.165, 1.54) is 19.4 Å². The quantitative estimate of drug-likeness (QED) is 0.848. The van der Waals surface area contributed by atoms with Crippen molar-refractivity contribution in [2.45, 2.75) is 39.3 Å². The molecule has 88 valence electrons. The molecule has 2 rings (SSSR count). The Labute approximate surface area is 97.7 Å². The minimum Gasteiger partial charge on any atom is -0.397 e. The van der Waals surface area contributed by atoms with Gasteiger partial charge in [0.1, 0.15) is 0 Å². The summed E-state index contributed by atoms with van der Waals surface area (Å²) in [6.45, 7) is 6.77. The second-order valence-electron chi connectivity index (χ2n) is 5.01. The standard InChI is InChI=1S/C13H21N3/c1-10(2)13-4-3-7-16(13)9-12-6-5-11(14)8-15-12/h5-6,8,10,13H,3-4,7,9,14H2,1-2H3. The van der Waals surface area contributed by atoms with Gasteiger partial charge in [-0.3, -0.25) is 9.88 Å². The number of aromatic nitrogens is 1. The molecular weight excluding hydrogens is 198 g/mol. The van der Waals surface area contributed by atoms with Crippen LogP contribution in [0.3, 0.4) is 0 Å². The minimum atomic E-state index is 0.722. The normalized spacial score (nSPS) is 21.8. The summed E-state index contributed by atoms with van der Waals surface area (Å²) < 4.78 is 0. The zero-order valence-corrected chi connectivity index (χ0v) is 10.2. The van der Waals surface area contributed by atoms with Gasteiger partial charge >= 0.3 is 0 Å². The van der Waals surface area contributed by atoms with Crippen LogP contribution < -0.4 is 5.73 Å². The van der Waals surface area contributed by atoms with Crippen molar-refractivity contribution in [1.82, 2.24) is 9.88 Å². The SMILES string of the molecule is CC(C)C1CCCN1Cc1ccc(N)cn1. The molecule has 1 fully saturated rings. The van der Waals surface area contributed by atoms with Crippen LogP contribution in [0.15, 0.2) is 18.3 Å². The number of pyridine rings is 1. The largest absolute Gasteiger partial charge is 0.397 e. The van der Waals surface area contributed by atoms with E-state index < -0.39 is 0 Å². The molecular formula is C13H21N3. The second-order valence-corrected chi connectivity index (χ2v) is 5.01. The van der Waals surface area contributed by atoms with E-state index in [1.807, 2.05) is 12.1 Å². The lowest BCUT2D eigenvalue weighted by molar-refractivity contribution is 0.197. The predicted molar refractivity (Wildman–Crippen MR) is 66.9 cm³/mol. The van der Waals surface area contributed by atoms with Gasteiger partial charge in [-0.05, 0) is 37.4 Å². The maximum Gasteiger partial charge on any atom is 0.0545 e. The van der Waals surface area contributed by atoms with Crippen LogP contribution in [0, 0.1) is 5.92 Å². The van der Waals surface area contributed by atoms with Crippen molar-refractivity contribution in [2.24, 2.45) is 5.92 Å². The summed E-state index contributed by atoms with van der Waals surface area (Å²) in [6.07, 6.45) is 4.39. The summed E-state index contributed by atoms with van der Waals surface area (Å²) in [5.41, 5.74) is 7.50. The average molecular weight is 219 g/mol. The van der Waals surface area contributed by atoms with Gasteiger partial charge in [-0.25, -0.2) is 0 Å². The lowest BCUT2D eigenvalue weighted by atomic mass is 10.0. The molecule has 1 atom stereocenters. The van der Waals surface area contributed by atoms with Crippen LogP contribution in [0.5, 0.6) is 0 Å². The van der Waals surface area contributed by atoms with Crippen molar-refractivity contribution in [3.05, 3.63) is 24.0 Å². The summed E-state index contributed by atoms with van der Waals surface area (Å²) in [7, 11) is 0. The van der Waals surface area contributed by atoms with Gasteiger partial charge in [0.25, 0.3) is 0 Å². The van der Waals surface area contributed by atoms with E-state index >= 15 is 0 Å². The molecule has 0 amide bonds. The van der Waals surface area contributed by atoms with Crippen LogP contribution in [-0.4, -0.2) is 22.5 Å². The molecule has 0 radical (unpaired) electrons. The molecule has 1 aromatic heterocycles. The molecule has 1 aliphatic heterocycles. The molecule has 2 N–H and O–H groups in total. The van der Waals surface area contributed by atoms with Gasteiger partial charge in [-0.1, -0.05) is 13.8 Å². The molecule has 0 spiro atoms. The van der Waals surface area contributed by atoms with Crippen LogP contribution in [0.4, 0.5) is 5.69 Å². The first-order chi connectivity index (χ1) is 7.66. The van der Waals surface area contributed by atoms with E-state index in [9.17, 15) is 0 Å². The van der Waals surface area contributed by atoms with Crippen LogP contribution >= 0.6 is 0 Å². The van der Waals surface area contributed by atoms with Crippen molar-refractivity contribution in [3.8, 4) is 0 Å². The number of rotatable bonds is 3. The summed E-state index contributed by atoms with van der Waals surface area (Å²) >= 11 is 0. The predicted octanol–water partition coefficient (Wildman–Crippen LogP) is 2.28. The van der Waals surface area contributed by atoms with E-state index in [0.717, 1.165) is 29.9 Å². The molecule has 3 nitrogen and oxygen atoms in total. The minimum absolute atomic E-state index is 0.722. The maximum absolute atomic E-state index is 5.63. The van der Waals surface area contributed by atoms with Crippen molar-refractivity contribution < 1.29 is 0 Å². The highest BCUT2D eigenvalue weighted by Crippen LogP contribution is 2.25. The lowest BCUT2D eigenvalue weighted by Gasteiger charge is -2.27. The topological polar surface area (TPSA) is 42.1 Å². The molecule has 1 unspecified atom stereocenters. The third-order valence-corrected chi connectivity index (χ3v) is 3.40. The van der Waals surface area contributed by atoms with Gasteiger partial charge in [0.05, 0.1) is 17.6 Å². The molecule has 1 aliphatic rings. The van der Waals surface area contributed by atoms with Crippen molar-refractivity contribution >= 4 is 5.69 Å². The number of hydrogen-bond acceptors (Lipinski definition) is 3. The van der Waals surface area contributed by atoms with Crippen LogP contribution in [0.1, 0.15) is 32.4 Å². The lowest BCUT2D eigenvalue weighted by Crippen LogP contribution is -2.33. The highest BCUT2D eigenvalue weighted by Gasteiger charge is 2.26. The van der Waals surface area contributed by atoms with Gasteiger partial charge in [0.15, 0.2) is 0 Å². The summed E-state index contributed by atoms with van der Waals surface area (Å²) in [5, 5.41) is 0. The molecule has 0 bridgehead atoms. The Hall–Kier alpha value is -1.09. The molecule has 0 aromatic carbocycles. The molecule has 0 aliphatic carbocycles. The average Bonchev–Trinajstić information content (AvgIpc) is 2.69. The van der Waals surface area contributed by atoms with E-state index in [2.05, 4.69) is 23.7 Å². The smallest absolute Gasteiger partial charge is 0.0545 e. The number of nitrogens with two attached hydrogens (primary N) is 1. The zero-order valence-electron chi connectivity index (χ0n) is 10.2. The van der Waals surface area contributed by atoms with Crippen LogP contribution in [0.2, 0.25) is 0 Å². The number of likely N-dealkylation sites (tertiary alicyclic amines) is 1. The molecule has 1 saturated heterocycles. The number of anilines is 1. The second kappa shape index (κ2) is 4.83. The molecule has 3 heteroatoms. The zero-order chi connectivity index (χ0) is 11.5. The summed E-state index contributed by atoms with van der Waals surface area (Å²) in [4.78, 5) is 6.91.